The first-order valence-corrected chi connectivity index (χ1v) is 14.0. The molecule has 0 unspecified atom stereocenters. The molecule has 6 nitrogen and oxygen atoms in total. The fourth-order valence-electron chi connectivity index (χ4n) is 4.58. The largest absolute Gasteiger partial charge is 0.507 e. The molecule has 0 amide bonds. The fraction of sp³-hybridized carbons (Fsp3) is 0.438. The highest BCUT2D eigenvalue weighted by molar-refractivity contribution is 9.10. The third kappa shape index (κ3) is 6.95. The first-order chi connectivity index (χ1) is 18.2. The maximum Gasteiger partial charge on any atom is 0.126 e. The van der Waals surface area contributed by atoms with Crippen LogP contribution in [0.2, 0.25) is 0 Å². The van der Waals surface area contributed by atoms with Crippen LogP contribution >= 0.6 is 15.9 Å². The van der Waals surface area contributed by atoms with Gasteiger partial charge >= 0.3 is 0 Å². The summed E-state index contributed by atoms with van der Waals surface area (Å²) in [4.78, 5) is 0. The molecule has 0 fully saturated rings. The SMILES string of the molecule is CC(C)(C)c1cc2c(O)c(c1)COCc1cc(C(C)(C)C)cc(c1O)COCc1cc(Br)cc(c1O)COC2. The Bertz CT molecular complexity index is 1250. The van der Waals surface area contributed by atoms with Crippen molar-refractivity contribution in [1.29, 1.82) is 0 Å². The average Bonchev–Trinajstić information content (AvgIpc) is 2.83. The number of hydrogen-bond acceptors (Lipinski definition) is 6. The standard InChI is InChI=1S/C32H39BrO6/c1-31(2,3)25-7-19-13-37-14-20-8-26(32(4,5)6)10-22(29(20)35)16-39-18-24-12-27(33)11-23(30(24)36)17-38-15-21(9-25)28(19)34/h7-12,34-36H,13-18H2,1-6H3. The van der Waals surface area contributed by atoms with Crippen molar-refractivity contribution in [3.63, 3.8) is 0 Å². The summed E-state index contributed by atoms with van der Waals surface area (Å²) in [5.74, 6) is 0.365. The smallest absolute Gasteiger partial charge is 0.126 e. The van der Waals surface area contributed by atoms with E-state index < -0.39 is 0 Å². The van der Waals surface area contributed by atoms with Crippen LogP contribution < -0.4 is 0 Å². The van der Waals surface area contributed by atoms with E-state index >= 15 is 0 Å². The number of benzene rings is 3. The molecule has 6 bridgehead atoms. The molecule has 0 aromatic heterocycles. The van der Waals surface area contributed by atoms with Gasteiger partial charge in [0.25, 0.3) is 0 Å². The molecule has 0 atom stereocenters. The van der Waals surface area contributed by atoms with E-state index in [9.17, 15) is 15.3 Å². The summed E-state index contributed by atoms with van der Waals surface area (Å²) in [6, 6.07) is 11.5. The second-order valence-electron chi connectivity index (χ2n) is 12.3. The quantitative estimate of drug-likeness (QED) is 0.246. The molecule has 7 heteroatoms. The molecule has 0 spiro atoms. The molecule has 3 aromatic rings. The van der Waals surface area contributed by atoms with Crippen LogP contribution in [0.1, 0.15) is 86.1 Å². The lowest BCUT2D eigenvalue weighted by Gasteiger charge is -2.24. The van der Waals surface area contributed by atoms with Gasteiger partial charge in [-0.3, -0.25) is 0 Å². The van der Waals surface area contributed by atoms with Crippen LogP contribution in [-0.2, 0) is 64.7 Å². The van der Waals surface area contributed by atoms with Crippen LogP contribution in [-0.4, -0.2) is 15.3 Å². The normalized spacial score (nSPS) is 15.5. The minimum atomic E-state index is -0.153. The maximum atomic E-state index is 11.1. The van der Waals surface area contributed by atoms with Crippen LogP contribution in [0.15, 0.2) is 40.9 Å². The second kappa shape index (κ2) is 11.5. The van der Waals surface area contributed by atoms with Crippen molar-refractivity contribution in [3.8, 4) is 17.2 Å². The van der Waals surface area contributed by atoms with E-state index in [4.69, 9.17) is 14.2 Å². The van der Waals surface area contributed by atoms with Gasteiger partial charge in [0, 0.05) is 37.9 Å². The lowest BCUT2D eigenvalue weighted by molar-refractivity contribution is 0.0929. The van der Waals surface area contributed by atoms with Gasteiger partial charge in [-0.15, -0.1) is 0 Å². The summed E-state index contributed by atoms with van der Waals surface area (Å²) >= 11 is 3.53. The minimum absolute atomic E-state index is 0.106. The summed E-state index contributed by atoms with van der Waals surface area (Å²) in [7, 11) is 0. The van der Waals surface area contributed by atoms with Crippen molar-refractivity contribution in [2.75, 3.05) is 0 Å². The van der Waals surface area contributed by atoms with Crippen molar-refractivity contribution in [1.82, 2.24) is 0 Å². The third-order valence-electron chi connectivity index (χ3n) is 7.05. The van der Waals surface area contributed by atoms with E-state index in [2.05, 4.69) is 57.5 Å². The van der Waals surface area contributed by atoms with E-state index in [1.54, 1.807) is 0 Å². The predicted molar refractivity (Wildman–Crippen MR) is 155 cm³/mol. The molecule has 0 radical (unpaired) electrons. The first-order valence-electron chi connectivity index (χ1n) is 13.2. The van der Waals surface area contributed by atoms with Crippen LogP contribution in [0.3, 0.4) is 0 Å². The van der Waals surface area contributed by atoms with E-state index in [0.29, 0.717) is 33.4 Å². The Morgan fingerprint density at radius 2 is 0.718 bits per heavy atom. The number of halogens is 1. The third-order valence-corrected chi connectivity index (χ3v) is 7.50. The summed E-state index contributed by atoms with van der Waals surface area (Å²) in [6.07, 6.45) is 0. The molecule has 1 heterocycles. The second-order valence-corrected chi connectivity index (χ2v) is 13.3. The molecule has 210 valence electrons. The van der Waals surface area contributed by atoms with Crippen molar-refractivity contribution in [2.24, 2.45) is 0 Å². The summed E-state index contributed by atoms with van der Waals surface area (Å²) < 4.78 is 18.8. The zero-order chi connectivity index (χ0) is 28.5. The molecule has 39 heavy (non-hydrogen) atoms. The van der Waals surface area contributed by atoms with Crippen molar-refractivity contribution < 1.29 is 29.5 Å². The minimum Gasteiger partial charge on any atom is -0.507 e. The zero-order valence-electron chi connectivity index (χ0n) is 23.7. The molecule has 3 aromatic carbocycles. The van der Waals surface area contributed by atoms with Gasteiger partial charge < -0.3 is 29.5 Å². The number of ether oxygens (including phenoxy) is 3. The maximum absolute atomic E-state index is 11.1. The summed E-state index contributed by atoms with van der Waals surface area (Å²) in [5.41, 5.74) is 5.64. The Balaban J connectivity index is 1.79. The molecule has 0 saturated heterocycles. The van der Waals surface area contributed by atoms with Crippen LogP contribution in [0.5, 0.6) is 17.2 Å². The van der Waals surface area contributed by atoms with Crippen molar-refractivity contribution in [2.45, 2.75) is 92.0 Å². The number of rotatable bonds is 0. The number of hydrogen-bond donors (Lipinski definition) is 3. The number of fused-ring (bicyclic) bond motifs is 6. The Morgan fingerprint density at radius 3 is 0.949 bits per heavy atom. The first kappa shape index (κ1) is 29.4. The van der Waals surface area contributed by atoms with Gasteiger partial charge in [-0.1, -0.05) is 57.5 Å². The van der Waals surface area contributed by atoms with Gasteiger partial charge in [0.1, 0.15) is 17.2 Å². The number of aromatic hydroxyl groups is 3. The Labute approximate surface area is 239 Å². The molecule has 0 aliphatic carbocycles. The average molecular weight is 600 g/mol. The van der Waals surface area contributed by atoms with Gasteiger partial charge in [-0.25, -0.2) is 0 Å². The molecular formula is C32H39BrO6. The highest BCUT2D eigenvalue weighted by atomic mass is 79.9. The predicted octanol–water partition coefficient (Wildman–Crippen LogP) is 7.62. The Kier molecular flexibility index (Phi) is 8.67. The van der Waals surface area contributed by atoms with Gasteiger partial charge in [-0.05, 0) is 58.4 Å². The molecule has 4 rings (SSSR count). The fourth-order valence-corrected chi connectivity index (χ4v) is 5.13. The highest BCUT2D eigenvalue weighted by Crippen LogP contribution is 2.36. The molecule has 3 N–H and O–H groups in total. The number of phenols is 3. The Hall–Kier alpha value is -2.58. The monoisotopic (exact) mass is 598 g/mol. The molecule has 1 aliphatic heterocycles. The lowest BCUT2D eigenvalue weighted by Crippen LogP contribution is -2.14. The van der Waals surface area contributed by atoms with Crippen LogP contribution in [0, 0.1) is 0 Å². The molecule has 1 aliphatic rings. The van der Waals surface area contributed by atoms with Crippen LogP contribution in [0.4, 0.5) is 0 Å². The van der Waals surface area contributed by atoms with Crippen molar-refractivity contribution in [3.05, 3.63) is 85.4 Å². The highest BCUT2D eigenvalue weighted by Gasteiger charge is 2.22. The van der Waals surface area contributed by atoms with Gasteiger partial charge in [0.15, 0.2) is 0 Å². The van der Waals surface area contributed by atoms with E-state index in [1.165, 1.54) is 0 Å². The topological polar surface area (TPSA) is 88.4 Å². The Morgan fingerprint density at radius 1 is 0.487 bits per heavy atom. The van der Waals surface area contributed by atoms with E-state index in [0.717, 1.165) is 15.6 Å². The lowest BCUT2D eigenvalue weighted by atomic mass is 9.84. The van der Waals surface area contributed by atoms with E-state index in [-0.39, 0.29) is 67.7 Å². The summed E-state index contributed by atoms with van der Waals surface area (Å²) in [6.45, 7) is 13.7. The van der Waals surface area contributed by atoms with Gasteiger partial charge in [-0.2, -0.15) is 0 Å². The summed E-state index contributed by atoms with van der Waals surface area (Å²) in [5, 5.41) is 33.2. The van der Waals surface area contributed by atoms with E-state index in [1.807, 2.05) is 36.4 Å². The number of phenolic OH excluding ortho intramolecular Hbond substituents is 3. The van der Waals surface area contributed by atoms with Crippen molar-refractivity contribution >= 4 is 15.9 Å². The van der Waals surface area contributed by atoms with Gasteiger partial charge in [0.05, 0.1) is 39.6 Å². The van der Waals surface area contributed by atoms with Crippen LogP contribution in [0.25, 0.3) is 0 Å². The zero-order valence-corrected chi connectivity index (χ0v) is 25.2. The van der Waals surface area contributed by atoms with Gasteiger partial charge in [0.2, 0.25) is 0 Å². The molecule has 0 saturated carbocycles. The molecular weight excluding hydrogens is 560 g/mol.